The maximum Gasteiger partial charge on any atom is 0.0850 e. The summed E-state index contributed by atoms with van der Waals surface area (Å²) in [6, 6.07) is 14.0. The number of benzene rings is 2. The molecule has 2 aromatic carbocycles. The monoisotopic (exact) mass is 270 g/mol. The lowest BCUT2D eigenvalue weighted by molar-refractivity contribution is 0.683. The minimum absolute atomic E-state index is 0.583. The Hall–Kier alpha value is -0.830. The molecule has 1 unspecified atom stereocenters. The third-order valence-corrected chi connectivity index (χ3v) is 3.91. The molecule has 4 heteroatoms. The summed E-state index contributed by atoms with van der Waals surface area (Å²) in [5, 5.41) is 1.21. The molecule has 2 rings (SSSR count). The second-order valence-electron chi connectivity index (χ2n) is 3.18. The van der Waals surface area contributed by atoms with Crippen molar-refractivity contribution in [3.8, 4) is 0 Å². The molecular formula is C12H8Cl2OS. The third kappa shape index (κ3) is 2.64. The van der Waals surface area contributed by atoms with Crippen LogP contribution in [0.2, 0.25) is 10.0 Å². The van der Waals surface area contributed by atoms with Gasteiger partial charge in [0.1, 0.15) is 0 Å². The molecule has 0 aliphatic carbocycles. The predicted octanol–water partition coefficient (Wildman–Crippen LogP) is 4.16. The summed E-state index contributed by atoms with van der Waals surface area (Å²) in [4.78, 5) is 1.40. The summed E-state index contributed by atoms with van der Waals surface area (Å²) in [6.45, 7) is 0. The molecule has 2 aromatic rings. The van der Waals surface area contributed by atoms with Crippen molar-refractivity contribution in [2.45, 2.75) is 9.79 Å². The minimum Gasteiger partial charge on any atom is -0.249 e. The van der Waals surface area contributed by atoms with Gasteiger partial charge in [0.05, 0.1) is 10.8 Å². The summed E-state index contributed by atoms with van der Waals surface area (Å²) >= 11 is 11.6. The standard InChI is InChI=1S/C12H8Cl2OS/c13-9-4-6-11(7-5-9)16(15)12-3-1-2-10(14)8-12/h1-8H. The molecule has 0 saturated carbocycles. The molecule has 0 saturated heterocycles. The van der Waals surface area contributed by atoms with Gasteiger partial charge in [0.25, 0.3) is 0 Å². The highest BCUT2D eigenvalue weighted by Gasteiger charge is 2.06. The van der Waals surface area contributed by atoms with E-state index >= 15 is 0 Å². The highest BCUT2D eigenvalue weighted by Crippen LogP contribution is 2.20. The second-order valence-corrected chi connectivity index (χ2v) is 5.53. The number of hydrogen-bond acceptors (Lipinski definition) is 1. The largest absolute Gasteiger partial charge is 0.249 e. The zero-order valence-electron chi connectivity index (χ0n) is 8.19. The van der Waals surface area contributed by atoms with Crippen LogP contribution < -0.4 is 0 Å². The molecule has 1 nitrogen and oxygen atoms in total. The summed E-state index contributed by atoms with van der Waals surface area (Å²) in [5.41, 5.74) is 0. The van der Waals surface area contributed by atoms with Gasteiger partial charge in [-0.05, 0) is 42.5 Å². The summed E-state index contributed by atoms with van der Waals surface area (Å²) in [6.07, 6.45) is 0. The van der Waals surface area contributed by atoms with Crippen LogP contribution in [0.5, 0.6) is 0 Å². The quantitative estimate of drug-likeness (QED) is 0.801. The Morgan fingerprint density at radius 3 is 2.12 bits per heavy atom. The first-order chi connectivity index (χ1) is 7.66. The van der Waals surface area contributed by atoms with E-state index in [9.17, 15) is 4.21 Å². The average Bonchev–Trinajstić information content (AvgIpc) is 2.29. The Kier molecular flexibility index (Phi) is 3.64. The Balaban J connectivity index is 2.35. The van der Waals surface area contributed by atoms with Gasteiger partial charge in [-0.1, -0.05) is 29.3 Å². The van der Waals surface area contributed by atoms with Gasteiger partial charge in [-0.2, -0.15) is 0 Å². The van der Waals surface area contributed by atoms with Crippen LogP contribution in [0.3, 0.4) is 0 Å². The first-order valence-electron chi connectivity index (χ1n) is 4.60. The highest BCUT2D eigenvalue weighted by atomic mass is 35.5. The molecule has 0 aromatic heterocycles. The van der Waals surface area contributed by atoms with Gasteiger partial charge < -0.3 is 0 Å². The van der Waals surface area contributed by atoms with Crippen LogP contribution in [0.25, 0.3) is 0 Å². The summed E-state index contributed by atoms with van der Waals surface area (Å²) in [5.74, 6) is 0. The normalized spacial score (nSPS) is 12.4. The van der Waals surface area contributed by atoms with E-state index in [-0.39, 0.29) is 0 Å². The van der Waals surface area contributed by atoms with Crippen molar-refractivity contribution in [3.05, 3.63) is 58.6 Å². The van der Waals surface area contributed by atoms with Gasteiger partial charge in [-0.15, -0.1) is 0 Å². The first kappa shape index (κ1) is 11.6. The molecule has 0 aliphatic heterocycles. The van der Waals surface area contributed by atoms with Crippen molar-refractivity contribution in [2.75, 3.05) is 0 Å². The summed E-state index contributed by atoms with van der Waals surface area (Å²) < 4.78 is 12.1. The molecule has 0 N–H and O–H groups in total. The Morgan fingerprint density at radius 2 is 1.50 bits per heavy atom. The lowest BCUT2D eigenvalue weighted by atomic mass is 10.4. The van der Waals surface area contributed by atoms with Crippen LogP contribution in [0, 0.1) is 0 Å². The smallest absolute Gasteiger partial charge is 0.0850 e. The molecule has 0 bridgehead atoms. The summed E-state index contributed by atoms with van der Waals surface area (Å²) in [7, 11) is -1.21. The molecule has 0 spiro atoms. The molecule has 0 amide bonds. The number of hydrogen-bond donors (Lipinski definition) is 0. The Morgan fingerprint density at radius 1 is 0.812 bits per heavy atom. The molecule has 0 radical (unpaired) electrons. The van der Waals surface area contributed by atoms with Crippen molar-refractivity contribution in [3.63, 3.8) is 0 Å². The molecule has 16 heavy (non-hydrogen) atoms. The van der Waals surface area contributed by atoms with E-state index in [0.717, 1.165) is 0 Å². The number of halogens is 2. The topological polar surface area (TPSA) is 17.1 Å². The van der Waals surface area contributed by atoms with Gasteiger partial charge in [0.2, 0.25) is 0 Å². The maximum absolute atomic E-state index is 12.1. The van der Waals surface area contributed by atoms with Crippen molar-refractivity contribution in [1.29, 1.82) is 0 Å². The van der Waals surface area contributed by atoms with Crippen LogP contribution in [0.4, 0.5) is 0 Å². The SMILES string of the molecule is O=S(c1ccc(Cl)cc1)c1cccc(Cl)c1. The van der Waals surface area contributed by atoms with Crippen molar-refractivity contribution in [2.24, 2.45) is 0 Å². The van der Waals surface area contributed by atoms with Crippen LogP contribution in [-0.2, 0) is 10.8 Å². The molecule has 1 atom stereocenters. The Bertz CT molecular complexity index is 523. The molecular weight excluding hydrogens is 263 g/mol. The van der Waals surface area contributed by atoms with E-state index in [0.29, 0.717) is 19.8 Å². The van der Waals surface area contributed by atoms with Gasteiger partial charge in [0.15, 0.2) is 0 Å². The zero-order chi connectivity index (χ0) is 11.5. The number of rotatable bonds is 2. The highest BCUT2D eigenvalue weighted by molar-refractivity contribution is 7.85. The van der Waals surface area contributed by atoms with E-state index in [4.69, 9.17) is 23.2 Å². The van der Waals surface area contributed by atoms with Crippen LogP contribution in [-0.4, -0.2) is 4.21 Å². The molecule has 0 fully saturated rings. The van der Waals surface area contributed by atoms with Crippen molar-refractivity contribution < 1.29 is 4.21 Å². The lowest BCUT2D eigenvalue weighted by Gasteiger charge is -2.02. The van der Waals surface area contributed by atoms with Gasteiger partial charge in [-0.3, -0.25) is 0 Å². The van der Waals surface area contributed by atoms with Crippen LogP contribution >= 0.6 is 23.2 Å². The fourth-order valence-corrected chi connectivity index (χ4v) is 2.75. The van der Waals surface area contributed by atoms with Gasteiger partial charge in [-0.25, -0.2) is 4.21 Å². The first-order valence-corrected chi connectivity index (χ1v) is 6.50. The molecule has 0 heterocycles. The fourth-order valence-electron chi connectivity index (χ4n) is 1.28. The second kappa shape index (κ2) is 5.00. The molecule has 0 aliphatic rings. The van der Waals surface area contributed by atoms with E-state index in [1.54, 1.807) is 48.5 Å². The van der Waals surface area contributed by atoms with Crippen LogP contribution in [0.1, 0.15) is 0 Å². The molecule has 82 valence electrons. The zero-order valence-corrected chi connectivity index (χ0v) is 10.5. The van der Waals surface area contributed by atoms with Crippen molar-refractivity contribution in [1.82, 2.24) is 0 Å². The fraction of sp³-hybridized carbons (Fsp3) is 0. The van der Waals surface area contributed by atoms with Crippen LogP contribution in [0.15, 0.2) is 58.3 Å². The van der Waals surface area contributed by atoms with E-state index in [1.807, 2.05) is 0 Å². The third-order valence-electron chi connectivity index (χ3n) is 2.04. The van der Waals surface area contributed by atoms with E-state index in [1.165, 1.54) is 0 Å². The lowest BCUT2D eigenvalue weighted by Crippen LogP contribution is -1.92. The minimum atomic E-state index is -1.21. The average molecular weight is 271 g/mol. The Labute approximate surface area is 106 Å². The van der Waals surface area contributed by atoms with Gasteiger partial charge >= 0.3 is 0 Å². The maximum atomic E-state index is 12.1. The van der Waals surface area contributed by atoms with E-state index in [2.05, 4.69) is 0 Å². The van der Waals surface area contributed by atoms with E-state index < -0.39 is 10.8 Å². The van der Waals surface area contributed by atoms with Crippen molar-refractivity contribution >= 4 is 34.0 Å². The van der Waals surface area contributed by atoms with Gasteiger partial charge in [0, 0.05) is 19.8 Å². The predicted molar refractivity (Wildman–Crippen MR) is 67.6 cm³/mol.